The van der Waals surface area contributed by atoms with Crippen LogP contribution in [0.25, 0.3) is 0 Å². The molecule has 0 radical (unpaired) electrons. The average molecular weight is 322 g/mol. The first-order valence-corrected chi connectivity index (χ1v) is 7.57. The number of aryl methyl sites for hydroxylation is 3. The van der Waals surface area contributed by atoms with Gasteiger partial charge in [-0.3, -0.25) is 4.79 Å². The van der Waals surface area contributed by atoms with Crippen molar-refractivity contribution < 1.29 is 9.32 Å². The maximum absolute atomic E-state index is 12.1. The summed E-state index contributed by atoms with van der Waals surface area (Å²) in [6.07, 6.45) is 1.63. The smallest absolute Gasteiger partial charge is 0.275 e. The van der Waals surface area contributed by atoms with E-state index in [0.29, 0.717) is 17.3 Å². The van der Waals surface area contributed by atoms with Crippen LogP contribution in [-0.4, -0.2) is 16.0 Å². The van der Waals surface area contributed by atoms with Gasteiger partial charge >= 0.3 is 0 Å². The molecule has 1 aromatic carbocycles. The van der Waals surface area contributed by atoms with E-state index in [0.717, 1.165) is 22.5 Å². The molecule has 3 aromatic rings. The number of rotatable bonds is 4. The minimum Gasteiger partial charge on any atom is -0.360 e. The molecular formula is C18H18N4O2. The molecule has 3 rings (SSSR count). The summed E-state index contributed by atoms with van der Waals surface area (Å²) >= 11 is 0. The van der Waals surface area contributed by atoms with Crippen molar-refractivity contribution in [2.75, 3.05) is 10.6 Å². The van der Waals surface area contributed by atoms with E-state index in [4.69, 9.17) is 4.52 Å². The van der Waals surface area contributed by atoms with Gasteiger partial charge in [0.15, 0.2) is 5.82 Å². The van der Waals surface area contributed by atoms with Crippen molar-refractivity contribution >= 4 is 23.1 Å². The van der Waals surface area contributed by atoms with Crippen molar-refractivity contribution in [1.29, 1.82) is 0 Å². The summed E-state index contributed by atoms with van der Waals surface area (Å²) in [6, 6.07) is 11.2. The maximum atomic E-state index is 12.1. The molecule has 0 saturated carbocycles. The van der Waals surface area contributed by atoms with Crippen molar-refractivity contribution in [2.45, 2.75) is 20.8 Å². The van der Waals surface area contributed by atoms with Crippen LogP contribution in [0.3, 0.4) is 0 Å². The zero-order valence-electron chi connectivity index (χ0n) is 13.8. The van der Waals surface area contributed by atoms with Gasteiger partial charge in [0, 0.05) is 11.8 Å². The molecular weight excluding hydrogens is 304 g/mol. The second kappa shape index (κ2) is 6.54. The Morgan fingerprint density at radius 3 is 2.42 bits per heavy atom. The van der Waals surface area contributed by atoms with Crippen LogP contribution >= 0.6 is 0 Å². The molecule has 0 unspecified atom stereocenters. The number of nitrogens with zero attached hydrogens (tertiary/aromatic N) is 2. The van der Waals surface area contributed by atoms with E-state index in [1.54, 1.807) is 25.3 Å². The number of benzene rings is 1. The van der Waals surface area contributed by atoms with E-state index in [2.05, 4.69) is 20.8 Å². The van der Waals surface area contributed by atoms with E-state index in [-0.39, 0.29) is 5.91 Å². The van der Waals surface area contributed by atoms with Crippen LogP contribution in [0.2, 0.25) is 0 Å². The van der Waals surface area contributed by atoms with Gasteiger partial charge in [-0.2, -0.15) is 0 Å². The summed E-state index contributed by atoms with van der Waals surface area (Å²) in [5.41, 5.74) is 4.48. The second-order valence-electron chi connectivity index (χ2n) is 5.60. The van der Waals surface area contributed by atoms with E-state index < -0.39 is 0 Å². The number of hydrogen-bond donors (Lipinski definition) is 2. The van der Waals surface area contributed by atoms with Crippen LogP contribution in [-0.2, 0) is 0 Å². The van der Waals surface area contributed by atoms with Gasteiger partial charge in [-0.05, 0) is 44.0 Å². The Kier molecular flexibility index (Phi) is 4.29. The molecule has 0 fully saturated rings. The van der Waals surface area contributed by atoms with Crippen molar-refractivity contribution in [3.8, 4) is 0 Å². The lowest BCUT2D eigenvalue weighted by Crippen LogP contribution is -2.13. The molecule has 0 bridgehead atoms. The lowest BCUT2D eigenvalue weighted by molar-refractivity contribution is 0.102. The Hall–Kier alpha value is -3.15. The zero-order valence-corrected chi connectivity index (χ0v) is 13.8. The number of carbonyl (C=O) groups excluding carboxylic acids is 1. The van der Waals surface area contributed by atoms with Gasteiger partial charge in [-0.15, -0.1) is 0 Å². The molecule has 24 heavy (non-hydrogen) atoms. The lowest BCUT2D eigenvalue weighted by Gasteiger charge is -2.12. The van der Waals surface area contributed by atoms with Gasteiger partial charge in [0.05, 0.1) is 11.9 Å². The summed E-state index contributed by atoms with van der Waals surface area (Å²) in [5, 5.41) is 9.70. The van der Waals surface area contributed by atoms with Crippen LogP contribution in [0.4, 0.5) is 17.2 Å². The van der Waals surface area contributed by atoms with Gasteiger partial charge in [-0.1, -0.05) is 23.4 Å². The number of hydrogen-bond acceptors (Lipinski definition) is 5. The third-order valence-electron chi connectivity index (χ3n) is 3.62. The summed E-state index contributed by atoms with van der Waals surface area (Å²) in [4.78, 5) is 16.3. The summed E-state index contributed by atoms with van der Waals surface area (Å²) < 4.78 is 4.91. The third-order valence-corrected chi connectivity index (χ3v) is 3.62. The monoisotopic (exact) mass is 322 g/mol. The highest BCUT2D eigenvalue weighted by Crippen LogP contribution is 2.24. The Morgan fingerprint density at radius 2 is 1.83 bits per heavy atom. The van der Waals surface area contributed by atoms with Crippen LogP contribution in [0, 0.1) is 20.8 Å². The fourth-order valence-electron chi connectivity index (χ4n) is 2.36. The van der Waals surface area contributed by atoms with E-state index in [9.17, 15) is 4.79 Å². The number of anilines is 3. The third kappa shape index (κ3) is 3.43. The Balaban J connectivity index is 1.72. The van der Waals surface area contributed by atoms with Gasteiger partial charge in [0.1, 0.15) is 11.5 Å². The summed E-state index contributed by atoms with van der Waals surface area (Å²) in [6.45, 7) is 5.85. The molecule has 0 saturated heterocycles. The Morgan fingerprint density at radius 1 is 1.08 bits per heavy atom. The normalized spacial score (nSPS) is 10.5. The average Bonchev–Trinajstić information content (AvgIpc) is 2.96. The molecule has 0 aliphatic rings. The van der Waals surface area contributed by atoms with Crippen LogP contribution in [0.1, 0.15) is 27.4 Å². The minimum atomic E-state index is -0.332. The number of amides is 1. The first-order valence-electron chi connectivity index (χ1n) is 7.57. The van der Waals surface area contributed by atoms with Crippen molar-refractivity contribution in [3.05, 3.63) is 65.2 Å². The first kappa shape index (κ1) is 15.7. The molecule has 1 amide bonds. The molecule has 6 nitrogen and oxygen atoms in total. The van der Waals surface area contributed by atoms with Crippen LogP contribution in [0.5, 0.6) is 0 Å². The topological polar surface area (TPSA) is 80.0 Å². The highest BCUT2D eigenvalue weighted by atomic mass is 16.5. The van der Waals surface area contributed by atoms with Gasteiger partial charge in [-0.25, -0.2) is 4.98 Å². The molecule has 0 aliphatic carbocycles. The summed E-state index contributed by atoms with van der Waals surface area (Å²) in [7, 11) is 0. The van der Waals surface area contributed by atoms with Gasteiger partial charge in [0.2, 0.25) is 0 Å². The Labute approximate surface area is 139 Å². The standard InChI is InChI=1S/C18H18N4O2/c1-11-5-4-6-12(2)17(11)20-14-7-8-15(19-10-14)18(23)21-16-9-13(3)24-22-16/h4-10,20H,1-3H3,(H,21,22,23). The predicted octanol–water partition coefficient (Wildman–Crippen LogP) is 3.99. The molecule has 2 N–H and O–H groups in total. The summed E-state index contributed by atoms with van der Waals surface area (Å²) in [5.74, 6) is 0.672. The number of carbonyl (C=O) groups is 1. The second-order valence-corrected chi connectivity index (χ2v) is 5.60. The molecule has 2 aromatic heterocycles. The Bertz CT molecular complexity index is 849. The van der Waals surface area contributed by atoms with E-state index in [1.807, 2.05) is 38.1 Å². The fraction of sp³-hybridized carbons (Fsp3) is 0.167. The molecule has 122 valence electrons. The van der Waals surface area contributed by atoms with Crippen LogP contribution in [0.15, 0.2) is 47.1 Å². The highest BCUT2D eigenvalue weighted by Gasteiger charge is 2.10. The SMILES string of the molecule is Cc1cc(NC(=O)c2ccc(Nc3c(C)cccc3C)cn2)no1. The van der Waals surface area contributed by atoms with Crippen LogP contribution < -0.4 is 10.6 Å². The number of nitrogens with one attached hydrogen (secondary N) is 2. The maximum Gasteiger partial charge on any atom is 0.275 e. The number of pyridine rings is 1. The zero-order chi connectivity index (χ0) is 17.1. The number of para-hydroxylation sites is 1. The minimum absolute atomic E-state index is 0.308. The molecule has 0 spiro atoms. The first-order chi connectivity index (χ1) is 11.5. The predicted molar refractivity (Wildman–Crippen MR) is 92.6 cm³/mol. The van der Waals surface area contributed by atoms with Gasteiger partial charge < -0.3 is 15.2 Å². The number of aromatic nitrogens is 2. The molecule has 2 heterocycles. The molecule has 0 atom stereocenters. The van der Waals surface area contributed by atoms with Crippen molar-refractivity contribution in [2.24, 2.45) is 0 Å². The van der Waals surface area contributed by atoms with Crippen molar-refractivity contribution in [3.63, 3.8) is 0 Å². The molecule has 0 aliphatic heterocycles. The van der Waals surface area contributed by atoms with Gasteiger partial charge in [0.25, 0.3) is 5.91 Å². The van der Waals surface area contributed by atoms with Crippen molar-refractivity contribution in [1.82, 2.24) is 10.1 Å². The quantitative estimate of drug-likeness (QED) is 0.759. The highest BCUT2D eigenvalue weighted by molar-refractivity contribution is 6.02. The van der Waals surface area contributed by atoms with E-state index >= 15 is 0 Å². The van der Waals surface area contributed by atoms with E-state index in [1.165, 1.54) is 0 Å². The molecule has 6 heteroatoms. The lowest BCUT2D eigenvalue weighted by atomic mass is 10.1. The largest absolute Gasteiger partial charge is 0.360 e. The fourth-order valence-corrected chi connectivity index (χ4v) is 2.36.